The number of aryl methyl sites for hydroxylation is 2. The van der Waals surface area contributed by atoms with Crippen molar-refractivity contribution in [3.8, 4) is 5.75 Å². The Hall–Kier alpha value is -3.96. The Bertz CT molecular complexity index is 1230. The minimum atomic E-state index is -0.753. The van der Waals surface area contributed by atoms with Gasteiger partial charge in [0.05, 0.1) is 24.9 Å². The normalized spacial score (nSPS) is 20.0. The molecule has 0 spiro atoms. The van der Waals surface area contributed by atoms with Gasteiger partial charge in [-0.15, -0.1) is 5.10 Å². The maximum absolute atomic E-state index is 13.3. The number of aromatic nitrogens is 3. The first-order chi connectivity index (χ1) is 19.8. The second-order valence-electron chi connectivity index (χ2n) is 10.8. The molecule has 1 fully saturated rings. The van der Waals surface area contributed by atoms with Gasteiger partial charge in [0.25, 0.3) is 5.91 Å². The van der Waals surface area contributed by atoms with Gasteiger partial charge < -0.3 is 25.2 Å². The molecule has 41 heavy (non-hydrogen) atoms. The number of hydrogen-bond donors (Lipinski definition) is 2. The molecule has 4 amide bonds. The van der Waals surface area contributed by atoms with E-state index < -0.39 is 6.04 Å². The Balaban J connectivity index is 1.44. The average molecular weight is 568 g/mol. The van der Waals surface area contributed by atoms with E-state index in [1.807, 2.05) is 25.3 Å². The van der Waals surface area contributed by atoms with E-state index in [-0.39, 0.29) is 36.6 Å². The Labute approximate surface area is 240 Å². The van der Waals surface area contributed by atoms with Crippen molar-refractivity contribution < 1.29 is 23.9 Å². The fraction of sp³-hybridized carbons (Fsp3) is 0.586. The van der Waals surface area contributed by atoms with E-state index in [0.29, 0.717) is 75.6 Å². The molecule has 222 valence electrons. The third-order valence-electron chi connectivity index (χ3n) is 7.37. The largest absolute Gasteiger partial charge is 0.493 e. The highest BCUT2D eigenvalue weighted by molar-refractivity contribution is 5.99. The molecule has 1 atom stereocenters. The van der Waals surface area contributed by atoms with Gasteiger partial charge >= 0.3 is 0 Å². The number of fused-ring (bicyclic) bond motifs is 3. The number of nitrogens with one attached hydrogen (secondary N) is 2. The summed E-state index contributed by atoms with van der Waals surface area (Å²) in [7, 11) is 0. The molecule has 2 N–H and O–H groups in total. The minimum Gasteiger partial charge on any atom is -0.493 e. The van der Waals surface area contributed by atoms with Crippen LogP contribution in [0.15, 0.2) is 24.4 Å². The first-order valence-electron chi connectivity index (χ1n) is 14.6. The molecule has 1 saturated heterocycles. The molecule has 0 unspecified atom stereocenters. The van der Waals surface area contributed by atoms with Crippen LogP contribution >= 0.6 is 0 Å². The standard InChI is InChI=1S/C29H41N7O5/c1-21-9-10-24-25(18-21)41-17-7-15-36-20-23(32-33-36)19-35(14-6-12-30-28(39)22(2)31-29(24)40)27(38)11-16-34-13-5-3-4-8-26(34)37/h9-10,18,20,22H,3-8,11-17,19H2,1-2H3,(H,30,39)(H,31,40)/t22-/m1/s1. The fourth-order valence-corrected chi connectivity index (χ4v) is 4.99. The van der Waals surface area contributed by atoms with Crippen LogP contribution in [-0.4, -0.2) is 87.3 Å². The zero-order valence-corrected chi connectivity index (χ0v) is 24.1. The summed E-state index contributed by atoms with van der Waals surface area (Å²) in [6.45, 7) is 6.58. The van der Waals surface area contributed by atoms with Gasteiger partial charge in [-0.05, 0) is 50.8 Å². The van der Waals surface area contributed by atoms with Gasteiger partial charge in [0.15, 0.2) is 0 Å². The van der Waals surface area contributed by atoms with Crippen LogP contribution in [0.1, 0.15) is 73.5 Å². The molecule has 0 saturated carbocycles. The molecule has 12 nitrogen and oxygen atoms in total. The number of benzene rings is 1. The van der Waals surface area contributed by atoms with Crippen LogP contribution in [0.2, 0.25) is 0 Å². The molecule has 1 aromatic carbocycles. The van der Waals surface area contributed by atoms with Crippen molar-refractivity contribution in [2.75, 3.05) is 32.8 Å². The van der Waals surface area contributed by atoms with Gasteiger partial charge in [-0.1, -0.05) is 17.7 Å². The summed E-state index contributed by atoms with van der Waals surface area (Å²) in [4.78, 5) is 54.8. The van der Waals surface area contributed by atoms with Gasteiger partial charge in [0.2, 0.25) is 17.7 Å². The lowest BCUT2D eigenvalue weighted by Crippen LogP contribution is -2.45. The number of nitrogens with zero attached hydrogens (tertiary/aromatic N) is 5. The third-order valence-corrected chi connectivity index (χ3v) is 7.37. The number of hydrogen-bond acceptors (Lipinski definition) is 7. The summed E-state index contributed by atoms with van der Waals surface area (Å²) in [5.74, 6) is -0.202. The van der Waals surface area contributed by atoms with Crippen LogP contribution in [0.5, 0.6) is 5.75 Å². The van der Waals surface area contributed by atoms with Crippen LogP contribution in [0.3, 0.4) is 0 Å². The molecule has 2 bridgehead atoms. The first kappa shape index (κ1) is 30.0. The van der Waals surface area contributed by atoms with E-state index in [0.717, 1.165) is 24.8 Å². The van der Waals surface area contributed by atoms with E-state index in [2.05, 4.69) is 20.9 Å². The molecule has 12 heteroatoms. The molecular weight excluding hydrogens is 526 g/mol. The number of carbonyl (C=O) groups is 4. The summed E-state index contributed by atoms with van der Waals surface area (Å²) >= 11 is 0. The van der Waals surface area contributed by atoms with E-state index in [1.54, 1.807) is 27.5 Å². The second-order valence-corrected chi connectivity index (χ2v) is 10.8. The number of amides is 4. The van der Waals surface area contributed by atoms with Gasteiger partial charge in [0.1, 0.15) is 17.5 Å². The van der Waals surface area contributed by atoms with Crippen LogP contribution in [-0.2, 0) is 27.5 Å². The molecule has 2 aromatic rings. The Morgan fingerprint density at radius 2 is 1.93 bits per heavy atom. The average Bonchev–Trinajstić information content (AvgIpc) is 3.29. The predicted molar refractivity (Wildman–Crippen MR) is 151 cm³/mol. The predicted octanol–water partition coefficient (Wildman–Crippen LogP) is 1.82. The Kier molecular flexibility index (Phi) is 10.7. The maximum atomic E-state index is 13.3. The third kappa shape index (κ3) is 8.76. The second kappa shape index (κ2) is 14.6. The van der Waals surface area contributed by atoms with E-state index >= 15 is 0 Å². The molecule has 2 aliphatic rings. The first-order valence-corrected chi connectivity index (χ1v) is 14.6. The summed E-state index contributed by atoms with van der Waals surface area (Å²) in [6, 6.07) is 4.59. The number of rotatable bonds is 3. The molecule has 3 heterocycles. The zero-order valence-electron chi connectivity index (χ0n) is 24.1. The highest BCUT2D eigenvalue weighted by Gasteiger charge is 2.22. The van der Waals surface area contributed by atoms with Gasteiger partial charge in [-0.2, -0.15) is 0 Å². The SMILES string of the molecule is Cc1ccc2c(c1)OCCCn1cc(nn1)CN(C(=O)CCN1CCCCCC1=O)CCCNC(=O)[C@@H](C)NC2=O. The lowest BCUT2D eigenvalue weighted by atomic mass is 10.1. The Morgan fingerprint density at radius 1 is 1.07 bits per heavy atom. The molecule has 2 aliphatic heterocycles. The van der Waals surface area contributed by atoms with E-state index in [9.17, 15) is 19.2 Å². The van der Waals surface area contributed by atoms with Crippen molar-refractivity contribution in [3.63, 3.8) is 0 Å². The van der Waals surface area contributed by atoms with Crippen LogP contribution in [0.25, 0.3) is 0 Å². The van der Waals surface area contributed by atoms with Crippen molar-refractivity contribution in [2.45, 2.75) is 77.9 Å². The summed E-state index contributed by atoms with van der Waals surface area (Å²) in [5, 5.41) is 14.1. The molecule has 1 aromatic heterocycles. The van der Waals surface area contributed by atoms with Crippen molar-refractivity contribution in [1.82, 2.24) is 35.4 Å². The van der Waals surface area contributed by atoms with Gasteiger partial charge in [-0.25, -0.2) is 0 Å². The summed E-state index contributed by atoms with van der Waals surface area (Å²) in [5.41, 5.74) is 1.99. The maximum Gasteiger partial charge on any atom is 0.255 e. The Morgan fingerprint density at radius 3 is 2.78 bits per heavy atom. The highest BCUT2D eigenvalue weighted by Crippen LogP contribution is 2.21. The summed E-state index contributed by atoms with van der Waals surface area (Å²) < 4.78 is 7.67. The zero-order chi connectivity index (χ0) is 29.2. The lowest BCUT2D eigenvalue weighted by molar-refractivity contribution is -0.134. The number of likely N-dealkylation sites (tertiary alicyclic amines) is 1. The molecule has 0 radical (unpaired) electrons. The van der Waals surface area contributed by atoms with E-state index in [4.69, 9.17) is 4.74 Å². The molecule has 4 rings (SSSR count). The smallest absolute Gasteiger partial charge is 0.255 e. The van der Waals surface area contributed by atoms with Crippen molar-refractivity contribution in [2.24, 2.45) is 0 Å². The fourth-order valence-electron chi connectivity index (χ4n) is 4.99. The van der Waals surface area contributed by atoms with Crippen molar-refractivity contribution >= 4 is 23.6 Å². The lowest BCUT2D eigenvalue weighted by Gasteiger charge is -2.25. The van der Waals surface area contributed by atoms with Crippen LogP contribution in [0, 0.1) is 6.92 Å². The molecular formula is C29H41N7O5. The van der Waals surface area contributed by atoms with Gasteiger partial charge in [0, 0.05) is 52.0 Å². The highest BCUT2D eigenvalue weighted by atomic mass is 16.5. The van der Waals surface area contributed by atoms with Crippen LogP contribution < -0.4 is 15.4 Å². The number of carbonyl (C=O) groups excluding carboxylic acids is 4. The number of ether oxygens (including phenoxy) is 1. The summed E-state index contributed by atoms with van der Waals surface area (Å²) in [6.07, 6.45) is 6.63. The minimum absolute atomic E-state index is 0.0732. The monoisotopic (exact) mass is 567 g/mol. The quantitative estimate of drug-likeness (QED) is 0.577. The van der Waals surface area contributed by atoms with Crippen LogP contribution in [0.4, 0.5) is 0 Å². The van der Waals surface area contributed by atoms with Gasteiger partial charge in [-0.3, -0.25) is 23.9 Å². The molecule has 0 aliphatic carbocycles. The van der Waals surface area contributed by atoms with E-state index in [1.165, 1.54) is 0 Å². The van der Waals surface area contributed by atoms with Crippen molar-refractivity contribution in [1.29, 1.82) is 0 Å². The topological polar surface area (TPSA) is 139 Å². The van der Waals surface area contributed by atoms with Crippen molar-refractivity contribution in [3.05, 3.63) is 41.2 Å².